The van der Waals surface area contributed by atoms with Gasteiger partial charge in [0.1, 0.15) is 5.75 Å². The van der Waals surface area contributed by atoms with E-state index in [4.69, 9.17) is 11.6 Å². The topological polar surface area (TPSA) is 49.3 Å². The van der Waals surface area contributed by atoms with Crippen molar-refractivity contribution in [2.45, 2.75) is 39.0 Å². The molecule has 0 heterocycles. The van der Waals surface area contributed by atoms with Crippen molar-refractivity contribution in [1.29, 1.82) is 0 Å². The molecule has 1 unspecified atom stereocenters. The predicted molar refractivity (Wildman–Crippen MR) is 78.5 cm³/mol. The lowest BCUT2D eigenvalue weighted by atomic mass is 9.90. The smallest absolute Gasteiger partial charge is 0.224 e. The number of benzene rings is 1. The van der Waals surface area contributed by atoms with E-state index in [1.807, 2.05) is 6.07 Å². The second-order valence-corrected chi connectivity index (χ2v) is 6.63. The molecule has 3 nitrogen and oxygen atoms in total. The summed E-state index contributed by atoms with van der Waals surface area (Å²) in [5, 5.41) is 12.1. The van der Waals surface area contributed by atoms with Gasteiger partial charge in [-0.1, -0.05) is 32.9 Å². The fraction of sp³-hybridized carbons (Fsp3) is 0.533. The number of aromatic hydroxyl groups is 1. The third-order valence-corrected chi connectivity index (χ3v) is 2.94. The van der Waals surface area contributed by atoms with Crippen LogP contribution in [0.5, 0.6) is 5.75 Å². The Hall–Kier alpha value is -1.22. The summed E-state index contributed by atoms with van der Waals surface area (Å²) in [6.45, 7) is 6.83. The van der Waals surface area contributed by atoms with Crippen LogP contribution in [-0.2, 0) is 11.2 Å². The van der Waals surface area contributed by atoms with Gasteiger partial charge in [-0.3, -0.25) is 4.79 Å². The minimum Gasteiger partial charge on any atom is -0.508 e. The zero-order valence-electron chi connectivity index (χ0n) is 11.7. The maximum absolute atomic E-state index is 11.7. The highest BCUT2D eigenvalue weighted by Gasteiger charge is 2.17. The molecule has 1 rings (SSSR count). The molecule has 1 aromatic rings. The lowest BCUT2D eigenvalue weighted by molar-refractivity contribution is -0.120. The van der Waals surface area contributed by atoms with Gasteiger partial charge in [-0.05, 0) is 29.5 Å². The van der Waals surface area contributed by atoms with Gasteiger partial charge in [0.15, 0.2) is 0 Å². The van der Waals surface area contributed by atoms with Gasteiger partial charge >= 0.3 is 0 Å². The molecule has 0 aliphatic rings. The van der Waals surface area contributed by atoms with E-state index in [0.717, 1.165) is 12.0 Å². The first kappa shape index (κ1) is 15.8. The molecule has 0 aliphatic carbocycles. The largest absolute Gasteiger partial charge is 0.508 e. The third kappa shape index (κ3) is 7.06. The Morgan fingerprint density at radius 2 is 2.11 bits per heavy atom. The minimum absolute atomic E-state index is 0.0619. The molecular weight excluding hydrogens is 262 g/mol. The molecule has 0 aliphatic heterocycles. The van der Waals surface area contributed by atoms with Crippen molar-refractivity contribution in [1.82, 2.24) is 5.32 Å². The van der Waals surface area contributed by atoms with Crippen molar-refractivity contribution in [2.75, 3.05) is 6.54 Å². The highest BCUT2D eigenvalue weighted by atomic mass is 35.5. The number of alkyl halides is 1. The molecule has 4 heteroatoms. The highest BCUT2D eigenvalue weighted by molar-refractivity contribution is 6.20. The molecule has 106 valence electrons. The number of halogens is 1. The van der Waals surface area contributed by atoms with Gasteiger partial charge < -0.3 is 10.4 Å². The van der Waals surface area contributed by atoms with E-state index in [1.165, 1.54) is 0 Å². The summed E-state index contributed by atoms with van der Waals surface area (Å²) in [6, 6.07) is 6.71. The standard InChI is InChI=1S/C15H22ClNO2/c1-15(2,3)9-12(16)10-17-14(19)8-11-5-4-6-13(18)7-11/h4-7,12,18H,8-10H2,1-3H3,(H,17,19). The quantitative estimate of drug-likeness (QED) is 0.816. The first-order valence-electron chi connectivity index (χ1n) is 6.45. The SMILES string of the molecule is CC(C)(C)CC(Cl)CNC(=O)Cc1cccc(O)c1. The summed E-state index contributed by atoms with van der Waals surface area (Å²) in [4.78, 5) is 11.7. The number of carbonyl (C=O) groups excluding carboxylic acids is 1. The lowest BCUT2D eigenvalue weighted by Crippen LogP contribution is -2.32. The van der Waals surface area contributed by atoms with Crippen molar-refractivity contribution in [3.63, 3.8) is 0 Å². The van der Waals surface area contributed by atoms with E-state index in [0.29, 0.717) is 6.54 Å². The van der Waals surface area contributed by atoms with E-state index >= 15 is 0 Å². The van der Waals surface area contributed by atoms with Gasteiger partial charge in [0.05, 0.1) is 11.8 Å². The molecule has 19 heavy (non-hydrogen) atoms. The predicted octanol–water partition coefficient (Wildman–Crippen LogP) is 3.09. The van der Waals surface area contributed by atoms with Gasteiger partial charge in [0.2, 0.25) is 5.91 Å². The van der Waals surface area contributed by atoms with Crippen LogP contribution in [0.3, 0.4) is 0 Å². The molecule has 0 fully saturated rings. The molecule has 1 amide bonds. The number of nitrogens with one attached hydrogen (secondary N) is 1. The number of amides is 1. The summed E-state index contributed by atoms with van der Waals surface area (Å²) in [5.41, 5.74) is 0.946. The van der Waals surface area contributed by atoms with Gasteiger partial charge in [-0.25, -0.2) is 0 Å². The highest BCUT2D eigenvalue weighted by Crippen LogP contribution is 2.23. The summed E-state index contributed by atoms with van der Waals surface area (Å²) < 4.78 is 0. The second kappa shape index (κ2) is 6.80. The van der Waals surface area contributed by atoms with Crippen LogP contribution in [0.1, 0.15) is 32.8 Å². The van der Waals surface area contributed by atoms with Crippen molar-refractivity contribution in [3.05, 3.63) is 29.8 Å². The monoisotopic (exact) mass is 283 g/mol. The maximum atomic E-state index is 11.7. The molecule has 1 aromatic carbocycles. The summed E-state index contributed by atoms with van der Waals surface area (Å²) >= 11 is 6.18. The fourth-order valence-electron chi connectivity index (χ4n) is 1.88. The van der Waals surface area contributed by atoms with Crippen molar-refractivity contribution >= 4 is 17.5 Å². The molecule has 2 N–H and O–H groups in total. The zero-order chi connectivity index (χ0) is 14.5. The Labute approximate surface area is 120 Å². The number of carbonyl (C=O) groups is 1. The average Bonchev–Trinajstić information content (AvgIpc) is 2.24. The van der Waals surface area contributed by atoms with Crippen molar-refractivity contribution < 1.29 is 9.90 Å². The lowest BCUT2D eigenvalue weighted by Gasteiger charge is -2.22. The normalized spacial score (nSPS) is 13.1. The molecule has 0 saturated heterocycles. The molecule has 1 atom stereocenters. The summed E-state index contributed by atoms with van der Waals surface area (Å²) in [6.07, 6.45) is 1.11. The van der Waals surface area contributed by atoms with Gasteiger partial charge in [0, 0.05) is 6.54 Å². The number of phenolic OH excluding ortho intramolecular Hbond substituents is 1. The Morgan fingerprint density at radius 3 is 2.68 bits per heavy atom. The van der Waals surface area contributed by atoms with Crippen LogP contribution in [0, 0.1) is 5.41 Å². The van der Waals surface area contributed by atoms with Crippen LogP contribution >= 0.6 is 11.6 Å². The molecule has 0 aromatic heterocycles. The zero-order valence-corrected chi connectivity index (χ0v) is 12.5. The summed E-state index contributed by atoms with van der Waals surface area (Å²) in [5.74, 6) is 0.0958. The number of hydrogen-bond donors (Lipinski definition) is 2. The fourth-order valence-corrected chi connectivity index (χ4v) is 2.42. The molecule has 0 radical (unpaired) electrons. The van der Waals surface area contributed by atoms with Crippen molar-refractivity contribution in [2.24, 2.45) is 5.41 Å². The first-order valence-corrected chi connectivity index (χ1v) is 6.88. The number of rotatable bonds is 5. The average molecular weight is 284 g/mol. The summed E-state index contributed by atoms with van der Waals surface area (Å²) in [7, 11) is 0. The van der Waals surface area contributed by atoms with Gasteiger partial charge in [-0.2, -0.15) is 0 Å². The minimum atomic E-state index is -0.0786. The van der Waals surface area contributed by atoms with Crippen molar-refractivity contribution in [3.8, 4) is 5.75 Å². The van der Waals surface area contributed by atoms with E-state index in [2.05, 4.69) is 26.1 Å². The van der Waals surface area contributed by atoms with E-state index in [-0.39, 0.29) is 28.9 Å². The van der Waals surface area contributed by atoms with Crippen LogP contribution in [0.2, 0.25) is 0 Å². The van der Waals surface area contributed by atoms with E-state index in [1.54, 1.807) is 18.2 Å². The van der Waals surface area contributed by atoms with E-state index in [9.17, 15) is 9.90 Å². The number of hydrogen-bond acceptors (Lipinski definition) is 2. The van der Waals surface area contributed by atoms with Crippen LogP contribution in [-0.4, -0.2) is 22.9 Å². The Bertz CT molecular complexity index is 426. The first-order chi connectivity index (χ1) is 8.76. The molecule has 0 saturated carbocycles. The van der Waals surface area contributed by atoms with Gasteiger partial charge in [0.25, 0.3) is 0 Å². The van der Waals surface area contributed by atoms with Crippen LogP contribution in [0.15, 0.2) is 24.3 Å². The Kier molecular flexibility index (Phi) is 5.67. The van der Waals surface area contributed by atoms with Crippen LogP contribution < -0.4 is 5.32 Å². The number of phenols is 1. The van der Waals surface area contributed by atoms with Crippen LogP contribution in [0.4, 0.5) is 0 Å². The van der Waals surface area contributed by atoms with Crippen LogP contribution in [0.25, 0.3) is 0 Å². The Balaban J connectivity index is 2.36. The molecular formula is C15H22ClNO2. The molecule has 0 bridgehead atoms. The van der Waals surface area contributed by atoms with E-state index < -0.39 is 0 Å². The molecule has 0 spiro atoms. The maximum Gasteiger partial charge on any atom is 0.224 e. The second-order valence-electron chi connectivity index (χ2n) is 6.01. The van der Waals surface area contributed by atoms with Gasteiger partial charge in [-0.15, -0.1) is 11.6 Å². The Morgan fingerprint density at radius 1 is 1.42 bits per heavy atom. The third-order valence-electron chi connectivity index (χ3n) is 2.63.